The summed E-state index contributed by atoms with van der Waals surface area (Å²) in [6, 6.07) is 3.99. The van der Waals surface area contributed by atoms with E-state index in [1.807, 2.05) is 67.5 Å². The largest absolute Gasteiger partial charge is 0.453 e. The van der Waals surface area contributed by atoms with E-state index < -0.39 is 6.10 Å². The van der Waals surface area contributed by atoms with Crippen molar-refractivity contribution in [2.75, 3.05) is 0 Å². The highest BCUT2D eigenvalue weighted by Crippen LogP contribution is 2.23. The first-order chi connectivity index (χ1) is 10.6. The molecule has 0 aromatic heterocycles. The number of esters is 1. The number of carbonyl (C=O) groups excluding carboxylic acids is 2. The molecule has 0 heterocycles. The summed E-state index contributed by atoms with van der Waals surface area (Å²) in [4.78, 5) is 25.3. The Kier molecular flexibility index (Phi) is 6.55. The molecule has 0 aliphatic heterocycles. The first kappa shape index (κ1) is 19.4. The van der Waals surface area contributed by atoms with Gasteiger partial charge < -0.3 is 4.74 Å². The Hall–Kier alpha value is -1.64. The zero-order chi connectivity index (χ0) is 17.9. The summed E-state index contributed by atoms with van der Waals surface area (Å²) >= 11 is 0. The van der Waals surface area contributed by atoms with Gasteiger partial charge in [-0.1, -0.05) is 52.3 Å². The van der Waals surface area contributed by atoms with Gasteiger partial charge in [0.1, 0.15) is 0 Å². The van der Waals surface area contributed by atoms with Crippen LogP contribution in [0.15, 0.2) is 12.1 Å². The van der Waals surface area contributed by atoms with Gasteiger partial charge in [-0.15, -0.1) is 0 Å². The number of aryl methyl sites for hydroxylation is 3. The van der Waals surface area contributed by atoms with Crippen molar-refractivity contribution in [3.63, 3.8) is 0 Å². The SMILES string of the molecule is Cc1cc(C)c(C(=O)C(OC(=O)C(C)C(C)C)C(C)C)c(C)c1. The van der Waals surface area contributed by atoms with Crippen LogP contribution < -0.4 is 0 Å². The highest BCUT2D eigenvalue weighted by Gasteiger charge is 2.31. The van der Waals surface area contributed by atoms with Crippen molar-refractivity contribution in [3.05, 3.63) is 34.4 Å². The molecule has 0 amide bonds. The van der Waals surface area contributed by atoms with Gasteiger partial charge in [0.15, 0.2) is 6.10 Å². The Morgan fingerprint density at radius 2 is 1.35 bits per heavy atom. The molecule has 0 bridgehead atoms. The van der Waals surface area contributed by atoms with Gasteiger partial charge >= 0.3 is 5.97 Å². The van der Waals surface area contributed by atoms with Gasteiger partial charge in [-0.05, 0) is 43.7 Å². The highest BCUT2D eigenvalue weighted by atomic mass is 16.5. The first-order valence-corrected chi connectivity index (χ1v) is 8.38. The Balaban J connectivity index is 3.12. The molecule has 1 rings (SSSR count). The average molecular weight is 318 g/mol. The second kappa shape index (κ2) is 7.76. The van der Waals surface area contributed by atoms with Crippen LogP contribution in [0.4, 0.5) is 0 Å². The average Bonchev–Trinajstić information content (AvgIpc) is 2.41. The van der Waals surface area contributed by atoms with Crippen LogP contribution in [0.2, 0.25) is 0 Å². The van der Waals surface area contributed by atoms with E-state index in [-0.39, 0.29) is 29.5 Å². The van der Waals surface area contributed by atoms with Gasteiger partial charge in [0.25, 0.3) is 0 Å². The molecule has 0 radical (unpaired) electrons. The fourth-order valence-electron chi connectivity index (χ4n) is 2.71. The summed E-state index contributed by atoms with van der Waals surface area (Å²) in [6.07, 6.45) is -0.733. The van der Waals surface area contributed by atoms with Crippen molar-refractivity contribution >= 4 is 11.8 Å². The van der Waals surface area contributed by atoms with Crippen LogP contribution in [0.3, 0.4) is 0 Å². The van der Waals surface area contributed by atoms with Crippen LogP contribution in [0.25, 0.3) is 0 Å². The zero-order valence-corrected chi connectivity index (χ0v) is 15.7. The minimum atomic E-state index is -0.733. The third-order valence-electron chi connectivity index (χ3n) is 4.40. The number of hydrogen-bond acceptors (Lipinski definition) is 3. The molecule has 0 aliphatic rings. The van der Waals surface area contributed by atoms with E-state index in [9.17, 15) is 9.59 Å². The molecule has 0 aliphatic carbocycles. The number of Topliss-reactive ketones (excluding diaryl/α,β-unsaturated/α-hetero) is 1. The van der Waals surface area contributed by atoms with E-state index in [0.29, 0.717) is 5.56 Å². The molecular formula is C20H30O3. The third-order valence-corrected chi connectivity index (χ3v) is 4.40. The van der Waals surface area contributed by atoms with Crippen molar-refractivity contribution in [2.45, 2.75) is 61.5 Å². The van der Waals surface area contributed by atoms with Crippen LogP contribution in [0, 0.1) is 38.5 Å². The summed E-state index contributed by atoms with van der Waals surface area (Å²) < 4.78 is 5.60. The number of rotatable bonds is 6. The number of benzene rings is 1. The lowest BCUT2D eigenvalue weighted by Crippen LogP contribution is -2.35. The minimum Gasteiger partial charge on any atom is -0.453 e. The van der Waals surface area contributed by atoms with Crippen LogP contribution in [-0.2, 0) is 9.53 Å². The van der Waals surface area contributed by atoms with Gasteiger partial charge in [0.2, 0.25) is 5.78 Å². The summed E-state index contributed by atoms with van der Waals surface area (Å²) in [6.45, 7) is 15.5. The summed E-state index contributed by atoms with van der Waals surface area (Å²) in [5.74, 6) is -0.489. The molecule has 0 fully saturated rings. The molecule has 2 atom stereocenters. The summed E-state index contributed by atoms with van der Waals surface area (Å²) in [5, 5.41) is 0. The lowest BCUT2D eigenvalue weighted by Gasteiger charge is -2.24. The van der Waals surface area contributed by atoms with Gasteiger partial charge in [0.05, 0.1) is 5.92 Å². The third kappa shape index (κ3) is 4.66. The van der Waals surface area contributed by atoms with E-state index in [0.717, 1.165) is 16.7 Å². The maximum Gasteiger partial charge on any atom is 0.309 e. The quantitative estimate of drug-likeness (QED) is 0.566. The van der Waals surface area contributed by atoms with Crippen LogP contribution in [0.1, 0.15) is 61.7 Å². The Bertz CT molecular complexity index is 562. The van der Waals surface area contributed by atoms with Crippen molar-refractivity contribution in [1.82, 2.24) is 0 Å². The van der Waals surface area contributed by atoms with E-state index in [1.54, 1.807) is 0 Å². The smallest absolute Gasteiger partial charge is 0.309 e. The molecule has 1 aromatic carbocycles. The maximum absolute atomic E-state index is 13.0. The monoisotopic (exact) mass is 318 g/mol. The topological polar surface area (TPSA) is 43.4 Å². The Labute approximate surface area is 140 Å². The molecule has 0 N–H and O–H groups in total. The highest BCUT2D eigenvalue weighted by molar-refractivity contribution is 6.03. The van der Waals surface area contributed by atoms with E-state index in [1.165, 1.54) is 0 Å². The summed E-state index contributed by atoms with van der Waals surface area (Å²) in [7, 11) is 0. The van der Waals surface area contributed by atoms with Crippen molar-refractivity contribution in [2.24, 2.45) is 17.8 Å². The minimum absolute atomic E-state index is 0.0640. The molecule has 2 unspecified atom stereocenters. The molecule has 0 spiro atoms. The lowest BCUT2D eigenvalue weighted by molar-refractivity contribution is -0.154. The van der Waals surface area contributed by atoms with Gasteiger partial charge in [-0.25, -0.2) is 0 Å². The van der Waals surface area contributed by atoms with Crippen LogP contribution in [0.5, 0.6) is 0 Å². The Morgan fingerprint density at radius 3 is 1.74 bits per heavy atom. The fraction of sp³-hybridized carbons (Fsp3) is 0.600. The molecule has 23 heavy (non-hydrogen) atoms. The van der Waals surface area contributed by atoms with Gasteiger partial charge in [0, 0.05) is 5.56 Å². The standard InChI is InChI=1S/C20H30O3/c1-11(2)16(8)20(22)23-19(12(3)4)18(21)17-14(6)9-13(5)10-15(17)7/h9-12,16,19H,1-8H3. The number of ketones is 1. The van der Waals surface area contributed by atoms with E-state index in [2.05, 4.69) is 0 Å². The van der Waals surface area contributed by atoms with Gasteiger partial charge in [-0.2, -0.15) is 0 Å². The Morgan fingerprint density at radius 1 is 0.870 bits per heavy atom. The molecule has 1 aromatic rings. The van der Waals surface area contributed by atoms with Gasteiger partial charge in [-0.3, -0.25) is 9.59 Å². The lowest BCUT2D eigenvalue weighted by atomic mass is 9.90. The molecule has 0 saturated heterocycles. The van der Waals surface area contributed by atoms with Crippen LogP contribution in [-0.4, -0.2) is 17.9 Å². The molecule has 0 saturated carbocycles. The second-order valence-corrected chi connectivity index (χ2v) is 7.27. The number of hydrogen-bond donors (Lipinski definition) is 0. The van der Waals surface area contributed by atoms with E-state index >= 15 is 0 Å². The normalized spacial score (nSPS) is 14.0. The predicted molar refractivity (Wildman–Crippen MR) is 93.7 cm³/mol. The summed E-state index contributed by atoms with van der Waals surface area (Å²) in [5.41, 5.74) is 3.68. The molecule has 3 heteroatoms. The first-order valence-electron chi connectivity index (χ1n) is 8.38. The number of ether oxygens (including phenoxy) is 1. The van der Waals surface area contributed by atoms with Crippen molar-refractivity contribution < 1.29 is 14.3 Å². The molecular weight excluding hydrogens is 288 g/mol. The molecule has 128 valence electrons. The fourth-order valence-corrected chi connectivity index (χ4v) is 2.71. The maximum atomic E-state index is 13.0. The van der Waals surface area contributed by atoms with Crippen molar-refractivity contribution in [1.29, 1.82) is 0 Å². The number of carbonyl (C=O) groups is 2. The van der Waals surface area contributed by atoms with Crippen LogP contribution >= 0.6 is 0 Å². The molecule has 3 nitrogen and oxygen atoms in total. The van der Waals surface area contributed by atoms with E-state index in [4.69, 9.17) is 4.74 Å². The second-order valence-electron chi connectivity index (χ2n) is 7.27. The van der Waals surface area contributed by atoms with Crippen molar-refractivity contribution in [3.8, 4) is 0 Å². The predicted octanol–water partition coefficient (Wildman–Crippen LogP) is 4.65. The zero-order valence-electron chi connectivity index (χ0n) is 15.7.